The van der Waals surface area contributed by atoms with E-state index in [4.69, 9.17) is 16.3 Å². The molecule has 2 aliphatic heterocycles. The number of carbonyl (C=O) groups is 2. The second-order valence-electron chi connectivity index (χ2n) is 5.32. The summed E-state index contributed by atoms with van der Waals surface area (Å²) in [5, 5.41) is 3.81. The van der Waals surface area contributed by atoms with Gasteiger partial charge in [-0.25, -0.2) is 14.6 Å². The van der Waals surface area contributed by atoms with Crippen molar-refractivity contribution in [2.45, 2.75) is 19.4 Å². The van der Waals surface area contributed by atoms with Crippen molar-refractivity contribution in [1.82, 2.24) is 20.1 Å². The summed E-state index contributed by atoms with van der Waals surface area (Å²) in [4.78, 5) is 31.3. The van der Waals surface area contributed by atoms with Gasteiger partial charge in [-0.2, -0.15) is 0 Å². The summed E-state index contributed by atoms with van der Waals surface area (Å²) < 4.78 is 5.69. The minimum atomic E-state index is -0.277. The zero-order chi connectivity index (χ0) is 15.7. The molecule has 1 atom stereocenters. The Labute approximate surface area is 137 Å². The van der Waals surface area contributed by atoms with E-state index in [0.29, 0.717) is 43.5 Å². The van der Waals surface area contributed by atoms with Crippen molar-refractivity contribution < 1.29 is 14.3 Å². The Hall–Kier alpha value is -1.54. The molecule has 2 saturated heterocycles. The van der Waals surface area contributed by atoms with E-state index < -0.39 is 0 Å². The number of hydrogen-bond acceptors (Lipinski definition) is 5. The summed E-state index contributed by atoms with van der Waals surface area (Å²) in [6, 6.07) is -0.134. The van der Waals surface area contributed by atoms with Crippen LogP contribution in [-0.2, 0) is 11.2 Å². The number of aromatic nitrogens is 1. The van der Waals surface area contributed by atoms with Crippen molar-refractivity contribution in [2.24, 2.45) is 0 Å². The molecule has 0 unspecified atom stereocenters. The van der Waals surface area contributed by atoms with Gasteiger partial charge in [-0.3, -0.25) is 4.90 Å². The quantitative estimate of drug-likeness (QED) is 0.901. The van der Waals surface area contributed by atoms with E-state index in [-0.39, 0.29) is 18.2 Å². The zero-order valence-electron chi connectivity index (χ0n) is 12.2. The van der Waals surface area contributed by atoms with E-state index in [9.17, 15) is 9.59 Å². The summed E-state index contributed by atoms with van der Waals surface area (Å²) in [7, 11) is 0. The monoisotopic (exact) mass is 344 g/mol. The third-order valence-electron chi connectivity index (χ3n) is 3.80. The Morgan fingerprint density at radius 1 is 1.55 bits per heavy atom. The molecule has 2 aliphatic rings. The van der Waals surface area contributed by atoms with Crippen molar-refractivity contribution in [1.29, 1.82) is 0 Å². The van der Waals surface area contributed by atoms with Crippen LogP contribution in [0.1, 0.15) is 10.7 Å². The van der Waals surface area contributed by atoms with Crippen LogP contribution in [0.3, 0.4) is 0 Å². The van der Waals surface area contributed by atoms with Crippen LogP contribution < -0.4 is 5.32 Å². The minimum Gasteiger partial charge on any atom is -0.447 e. The van der Waals surface area contributed by atoms with Gasteiger partial charge in [-0.15, -0.1) is 11.3 Å². The van der Waals surface area contributed by atoms with Gasteiger partial charge in [0.05, 0.1) is 16.7 Å². The topological polar surface area (TPSA) is 74.8 Å². The van der Waals surface area contributed by atoms with E-state index in [2.05, 4.69) is 10.3 Å². The van der Waals surface area contributed by atoms with Crippen LogP contribution in [0.2, 0.25) is 4.34 Å². The number of aryl methyl sites for hydroxylation is 1. The number of amides is 3. The molecule has 0 saturated carbocycles. The van der Waals surface area contributed by atoms with Crippen molar-refractivity contribution in [2.75, 3.05) is 32.8 Å². The molecule has 3 amide bonds. The van der Waals surface area contributed by atoms with E-state index >= 15 is 0 Å². The first kappa shape index (κ1) is 15.4. The average molecular weight is 345 g/mol. The first-order chi connectivity index (χ1) is 10.5. The average Bonchev–Trinajstić information content (AvgIpc) is 3.02. The molecule has 7 nitrogen and oxygen atoms in total. The molecule has 1 aromatic rings. The van der Waals surface area contributed by atoms with E-state index in [0.717, 1.165) is 10.7 Å². The maximum absolute atomic E-state index is 12.2. The number of thiazole rings is 1. The predicted octanol–water partition coefficient (Wildman–Crippen LogP) is 1.49. The van der Waals surface area contributed by atoms with Crippen LogP contribution in [0.25, 0.3) is 0 Å². The molecule has 3 rings (SSSR count). The number of urea groups is 1. The third kappa shape index (κ3) is 3.12. The molecular formula is C13H17ClN4O3S. The Bertz CT molecular complexity index is 574. The minimum absolute atomic E-state index is 0.0209. The smallest absolute Gasteiger partial charge is 0.410 e. The van der Waals surface area contributed by atoms with Crippen molar-refractivity contribution in [3.63, 3.8) is 0 Å². The molecule has 0 aromatic carbocycles. The Morgan fingerprint density at radius 2 is 2.36 bits per heavy atom. The first-order valence-electron chi connectivity index (χ1n) is 7.12. The molecule has 0 spiro atoms. The van der Waals surface area contributed by atoms with Crippen LogP contribution in [0.4, 0.5) is 9.59 Å². The van der Waals surface area contributed by atoms with Gasteiger partial charge in [-0.1, -0.05) is 11.6 Å². The lowest BCUT2D eigenvalue weighted by atomic mass is 10.2. The number of carbonyl (C=O) groups excluding carboxylic acids is 2. The van der Waals surface area contributed by atoms with Crippen LogP contribution in [-0.4, -0.2) is 65.7 Å². The van der Waals surface area contributed by atoms with Crippen LogP contribution in [0.15, 0.2) is 0 Å². The Kier molecular flexibility index (Phi) is 4.39. The number of ether oxygens (including phenoxy) is 1. The molecule has 3 heterocycles. The molecule has 120 valence electrons. The fourth-order valence-electron chi connectivity index (χ4n) is 2.60. The van der Waals surface area contributed by atoms with Crippen LogP contribution in [0, 0.1) is 6.92 Å². The highest BCUT2D eigenvalue weighted by atomic mass is 35.5. The summed E-state index contributed by atoms with van der Waals surface area (Å²) >= 11 is 7.42. The molecule has 2 fully saturated rings. The zero-order valence-corrected chi connectivity index (χ0v) is 13.7. The third-order valence-corrected chi connectivity index (χ3v) is 5.31. The Morgan fingerprint density at radius 3 is 3.09 bits per heavy atom. The number of rotatable bonds is 3. The highest BCUT2D eigenvalue weighted by Gasteiger charge is 2.38. The van der Waals surface area contributed by atoms with Gasteiger partial charge in [-0.05, 0) is 6.92 Å². The largest absolute Gasteiger partial charge is 0.447 e. The van der Waals surface area contributed by atoms with Crippen molar-refractivity contribution in [3.05, 3.63) is 15.0 Å². The fourth-order valence-corrected chi connectivity index (χ4v) is 3.70. The molecule has 9 heteroatoms. The van der Waals surface area contributed by atoms with Gasteiger partial charge in [0.25, 0.3) is 0 Å². The number of hydrogen-bond donors (Lipinski definition) is 1. The highest BCUT2D eigenvalue weighted by molar-refractivity contribution is 7.16. The second-order valence-corrected chi connectivity index (χ2v) is 7.00. The molecule has 0 radical (unpaired) electrons. The van der Waals surface area contributed by atoms with E-state index in [1.165, 1.54) is 11.3 Å². The van der Waals surface area contributed by atoms with Crippen molar-refractivity contribution >= 4 is 35.1 Å². The second kappa shape index (κ2) is 6.29. The van der Waals surface area contributed by atoms with Crippen LogP contribution >= 0.6 is 22.9 Å². The number of piperazine rings is 1. The standard InChI is InChI=1S/C13H17ClN4O3S/c1-8-11(14)22-10(16-8)2-3-15-12(19)17-4-5-18-9(6-17)7-21-13(18)20/h9H,2-7H2,1H3,(H,15,19)/t9-/m1/s1. The van der Waals surface area contributed by atoms with Gasteiger partial charge in [0.1, 0.15) is 10.9 Å². The SMILES string of the molecule is Cc1nc(CCNC(=O)N2CCN3C(=O)OC[C@H]3C2)sc1Cl. The van der Waals surface area contributed by atoms with Crippen molar-refractivity contribution in [3.8, 4) is 0 Å². The Balaban J connectivity index is 1.45. The van der Waals surface area contributed by atoms with Crippen LogP contribution in [0.5, 0.6) is 0 Å². The molecule has 1 aromatic heterocycles. The summed E-state index contributed by atoms with van der Waals surface area (Å²) in [6.45, 7) is 4.31. The normalized spacial score (nSPS) is 20.8. The van der Waals surface area contributed by atoms with Gasteiger partial charge in [0.15, 0.2) is 0 Å². The number of nitrogens with zero attached hydrogens (tertiary/aromatic N) is 3. The summed E-state index contributed by atoms with van der Waals surface area (Å²) in [6.07, 6.45) is 0.385. The number of nitrogens with one attached hydrogen (secondary N) is 1. The van der Waals surface area contributed by atoms with Gasteiger partial charge < -0.3 is 15.0 Å². The number of cyclic esters (lactones) is 1. The summed E-state index contributed by atoms with van der Waals surface area (Å²) in [5.41, 5.74) is 0.829. The van der Waals surface area contributed by atoms with Gasteiger partial charge in [0, 0.05) is 32.6 Å². The fraction of sp³-hybridized carbons (Fsp3) is 0.615. The molecule has 1 N–H and O–H groups in total. The number of fused-ring (bicyclic) bond motifs is 1. The lowest BCUT2D eigenvalue weighted by Crippen LogP contribution is -2.56. The van der Waals surface area contributed by atoms with E-state index in [1.807, 2.05) is 6.92 Å². The van der Waals surface area contributed by atoms with Gasteiger partial charge in [0.2, 0.25) is 0 Å². The molecule has 0 bridgehead atoms. The summed E-state index contributed by atoms with van der Waals surface area (Å²) in [5.74, 6) is 0. The molecular weight excluding hydrogens is 328 g/mol. The van der Waals surface area contributed by atoms with Gasteiger partial charge >= 0.3 is 12.1 Å². The highest BCUT2D eigenvalue weighted by Crippen LogP contribution is 2.23. The predicted molar refractivity (Wildman–Crippen MR) is 82.4 cm³/mol. The number of halogens is 1. The lowest BCUT2D eigenvalue weighted by Gasteiger charge is -2.35. The molecule has 22 heavy (non-hydrogen) atoms. The first-order valence-corrected chi connectivity index (χ1v) is 8.32. The lowest BCUT2D eigenvalue weighted by molar-refractivity contribution is 0.127. The maximum Gasteiger partial charge on any atom is 0.410 e. The maximum atomic E-state index is 12.2. The van der Waals surface area contributed by atoms with E-state index in [1.54, 1.807) is 9.80 Å². The molecule has 0 aliphatic carbocycles.